The first-order valence-electron chi connectivity index (χ1n) is 5.67. The van der Waals surface area contributed by atoms with Crippen molar-refractivity contribution in [2.45, 2.75) is 44.0 Å². The van der Waals surface area contributed by atoms with E-state index in [1.807, 2.05) is 11.8 Å². The minimum absolute atomic E-state index is 0.149. The Morgan fingerprint density at radius 3 is 3.00 bits per heavy atom. The predicted molar refractivity (Wildman–Crippen MR) is 62.5 cm³/mol. The lowest BCUT2D eigenvalue weighted by molar-refractivity contribution is 0.0388. The monoisotopic (exact) mass is 212 g/mol. The number of thioether (sulfide) groups is 1. The van der Waals surface area contributed by atoms with E-state index in [1.54, 1.807) is 0 Å². The molecule has 2 aliphatic rings. The molecular formula is C12H20OS. The lowest BCUT2D eigenvalue weighted by Crippen LogP contribution is -2.37. The largest absolute Gasteiger partial charge is 0.364 e. The molecule has 0 bridgehead atoms. The highest BCUT2D eigenvalue weighted by Crippen LogP contribution is 2.62. The Kier molecular flexibility index (Phi) is 2.94. The van der Waals surface area contributed by atoms with Crippen LogP contribution in [0.15, 0.2) is 12.7 Å². The van der Waals surface area contributed by atoms with Crippen LogP contribution in [0.2, 0.25) is 0 Å². The van der Waals surface area contributed by atoms with E-state index in [-0.39, 0.29) is 4.93 Å². The van der Waals surface area contributed by atoms with Gasteiger partial charge in [-0.15, -0.1) is 18.3 Å². The van der Waals surface area contributed by atoms with Gasteiger partial charge in [0.1, 0.15) is 4.93 Å². The molecular weight excluding hydrogens is 192 g/mol. The molecule has 0 spiro atoms. The van der Waals surface area contributed by atoms with Crippen LogP contribution in [0.25, 0.3) is 0 Å². The van der Waals surface area contributed by atoms with Gasteiger partial charge in [0, 0.05) is 12.0 Å². The first kappa shape index (κ1) is 10.6. The van der Waals surface area contributed by atoms with Crippen molar-refractivity contribution >= 4 is 11.8 Å². The third kappa shape index (κ3) is 1.35. The second kappa shape index (κ2) is 3.90. The smallest absolute Gasteiger partial charge is 0.119 e. The first-order chi connectivity index (χ1) is 6.79. The average Bonchev–Trinajstić information content (AvgIpc) is 2.60. The fourth-order valence-electron chi connectivity index (χ4n) is 3.20. The third-order valence-electron chi connectivity index (χ3n) is 3.80. The van der Waals surface area contributed by atoms with Crippen LogP contribution < -0.4 is 0 Å². The number of hydrogen-bond acceptors (Lipinski definition) is 2. The Morgan fingerprint density at radius 2 is 2.29 bits per heavy atom. The fourth-order valence-corrected chi connectivity index (χ4v) is 4.72. The predicted octanol–water partition coefficient (Wildman–Crippen LogP) is 3.60. The summed E-state index contributed by atoms with van der Waals surface area (Å²) in [5.74, 6) is 1.17. The van der Waals surface area contributed by atoms with Crippen molar-refractivity contribution in [2.75, 3.05) is 12.4 Å². The first-order valence-corrected chi connectivity index (χ1v) is 6.66. The van der Waals surface area contributed by atoms with Gasteiger partial charge >= 0.3 is 0 Å². The van der Waals surface area contributed by atoms with Crippen molar-refractivity contribution in [1.82, 2.24) is 0 Å². The Morgan fingerprint density at radius 1 is 1.43 bits per heavy atom. The van der Waals surface area contributed by atoms with Gasteiger partial charge in [-0.25, -0.2) is 0 Å². The summed E-state index contributed by atoms with van der Waals surface area (Å²) in [6.45, 7) is 7.10. The molecule has 0 radical (unpaired) electrons. The quantitative estimate of drug-likeness (QED) is 0.658. The van der Waals surface area contributed by atoms with Gasteiger partial charge in [0.2, 0.25) is 0 Å². The summed E-state index contributed by atoms with van der Waals surface area (Å²) in [5, 5.41) is 0. The van der Waals surface area contributed by atoms with Crippen LogP contribution in [-0.4, -0.2) is 17.3 Å². The minimum atomic E-state index is 0.149. The molecule has 2 fully saturated rings. The molecule has 1 nitrogen and oxygen atoms in total. The fraction of sp³-hybridized carbons (Fsp3) is 0.833. The van der Waals surface area contributed by atoms with E-state index < -0.39 is 0 Å². The highest BCUT2D eigenvalue weighted by Gasteiger charge is 2.58. The van der Waals surface area contributed by atoms with Crippen molar-refractivity contribution in [3.8, 4) is 0 Å². The van der Waals surface area contributed by atoms with E-state index in [4.69, 9.17) is 4.74 Å². The van der Waals surface area contributed by atoms with Gasteiger partial charge < -0.3 is 4.74 Å². The highest BCUT2D eigenvalue weighted by atomic mass is 32.2. The summed E-state index contributed by atoms with van der Waals surface area (Å²) in [7, 11) is 0. The standard InChI is InChI=1S/C12H20OS/c1-3-6-11-7-5-8-12(11,14-4-2)13-10-9-11/h3H,1,4-10H2,2H3. The Labute approximate surface area is 91.3 Å². The van der Waals surface area contributed by atoms with Crippen molar-refractivity contribution in [3.05, 3.63) is 12.7 Å². The maximum atomic E-state index is 6.08. The van der Waals surface area contributed by atoms with Gasteiger partial charge in [-0.05, 0) is 37.9 Å². The van der Waals surface area contributed by atoms with Crippen molar-refractivity contribution in [3.63, 3.8) is 0 Å². The highest BCUT2D eigenvalue weighted by molar-refractivity contribution is 8.00. The van der Waals surface area contributed by atoms with Gasteiger partial charge in [-0.1, -0.05) is 13.0 Å². The van der Waals surface area contributed by atoms with Crippen molar-refractivity contribution < 1.29 is 4.74 Å². The van der Waals surface area contributed by atoms with Crippen LogP contribution in [-0.2, 0) is 4.74 Å². The van der Waals surface area contributed by atoms with Gasteiger partial charge in [-0.2, -0.15) is 0 Å². The van der Waals surface area contributed by atoms with Crippen molar-refractivity contribution in [1.29, 1.82) is 0 Å². The Balaban J connectivity index is 2.23. The summed E-state index contributed by atoms with van der Waals surface area (Å²) in [4.78, 5) is 0.149. The Hall–Kier alpha value is 0.0500. The SMILES string of the molecule is C=CCC12CCCC1(SCC)OCC2. The number of allylic oxidation sites excluding steroid dienone is 1. The van der Waals surface area contributed by atoms with Crippen LogP contribution in [0.3, 0.4) is 0 Å². The maximum absolute atomic E-state index is 6.08. The van der Waals surface area contributed by atoms with E-state index in [0.29, 0.717) is 5.41 Å². The molecule has 1 saturated heterocycles. The van der Waals surface area contributed by atoms with Crippen molar-refractivity contribution in [2.24, 2.45) is 5.41 Å². The van der Waals surface area contributed by atoms with E-state index in [2.05, 4.69) is 19.6 Å². The molecule has 14 heavy (non-hydrogen) atoms. The second-order valence-corrected chi connectivity index (χ2v) is 5.94. The van der Waals surface area contributed by atoms with Gasteiger partial charge in [0.25, 0.3) is 0 Å². The third-order valence-corrected chi connectivity index (χ3v) is 5.31. The number of ether oxygens (including phenoxy) is 1. The zero-order valence-electron chi connectivity index (χ0n) is 9.05. The molecule has 0 aromatic rings. The molecule has 1 saturated carbocycles. The summed E-state index contributed by atoms with van der Waals surface area (Å²) in [6.07, 6.45) is 8.39. The molecule has 80 valence electrons. The van der Waals surface area contributed by atoms with E-state index in [0.717, 1.165) is 13.0 Å². The van der Waals surface area contributed by atoms with E-state index >= 15 is 0 Å². The lowest BCUT2D eigenvalue weighted by atomic mass is 9.79. The molecule has 0 amide bonds. The minimum Gasteiger partial charge on any atom is -0.364 e. The zero-order chi connectivity index (χ0) is 10.1. The molecule has 0 aromatic carbocycles. The van der Waals surface area contributed by atoms with Crippen LogP contribution >= 0.6 is 11.8 Å². The zero-order valence-corrected chi connectivity index (χ0v) is 9.87. The molecule has 0 N–H and O–H groups in total. The van der Waals surface area contributed by atoms with Gasteiger partial charge in [0.05, 0.1) is 0 Å². The summed E-state index contributed by atoms with van der Waals surface area (Å²) >= 11 is 2.03. The molecule has 1 aliphatic heterocycles. The molecule has 2 atom stereocenters. The van der Waals surface area contributed by atoms with Crippen LogP contribution in [0.5, 0.6) is 0 Å². The molecule has 1 heterocycles. The molecule has 0 aromatic heterocycles. The van der Waals surface area contributed by atoms with Gasteiger partial charge in [0.15, 0.2) is 0 Å². The number of hydrogen-bond donors (Lipinski definition) is 0. The number of rotatable bonds is 4. The lowest BCUT2D eigenvalue weighted by Gasteiger charge is -2.38. The maximum Gasteiger partial charge on any atom is 0.119 e. The molecule has 2 rings (SSSR count). The van der Waals surface area contributed by atoms with Crippen LogP contribution in [0.1, 0.15) is 39.0 Å². The van der Waals surface area contributed by atoms with Crippen LogP contribution in [0, 0.1) is 5.41 Å². The molecule has 1 aliphatic carbocycles. The van der Waals surface area contributed by atoms with E-state index in [1.165, 1.54) is 31.4 Å². The van der Waals surface area contributed by atoms with Crippen LogP contribution in [0.4, 0.5) is 0 Å². The van der Waals surface area contributed by atoms with E-state index in [9.17, 15) is 0 Å². The molecule has 2 unspecified atom stereocenters. The summed E-state index contributed by atoms with van der Waals surface area (Å²) < 4.78 is 6.08. The second-order valence-electron chi connectivity index (χ2n) is 4.41. The number of fused-ring (bicyclic) bond motifs is 1. The normalized spacial score (nSPS) is 41.2. The topological polar surface area (TPSA) is 9.23 Å². The Bertz CT molecular complexity index is 214. The summed E-state index contributed by atoms with van der Waals surface area (Å²) in [5.41, 5.74) is 0.426. The average molecular weight is 212 g/mol. The summed E-state index contributed by atoms with van der Waals surface area (Å²) in [6, 6.07) is 0. The van der Waals surface area contributed by atoms with Gasteiger partial charge in [-0.3, -0.25) is 0 Å². The molecule has 2 heteroatoms.